The van der Waals surface area contributed by atoms with Crippen LogP contribution in [0.25, 0.3) is 0 Å². The highest BCUT2D eigenvalue weighted by atomic mass is 32.1. The lowest BCUT2D eigenvalue weighted by atomic mass is 10.2. The van der Waals surface area contributed by atoms with Gasteiger partial charge < -0.3 is 4.74 Å². The van der Waals surface area contributed by atoms with Crippen molar-refractivity contribution in [3.8, 4) is 11.8 Å². The number of hydrogen-bond donors (Lipinski definition) is 0. The minimum absolute atomic E-state index is 0.520. The molecule has 0 saturated carbocycles. The zero-order valence-corrected chi connectivity index (χ0v) is 12.0. The van der Waals surface area contributed by atoms with Gasteiger partial charge in [0.05, 0.1) is 23.5 Å². The Bertz CT molecular complexity index is 628. The van der Waals surface area contributed by atoms with Crippen LogP contribution in [0, 0.1) is 32.1 Å². The molecule has 0 aliphatic carbocycles. The summed E-state index contributed by atoms with van der Waals surface area (Å²) in [6.07, 6.45) is 0.807. The minimum Gasteiger partial charge on any atom is -0.492 e. The lowest BCUT2D eigenvalue weighted by Crippen LogP contribution is -2.04. The number of pyridine rings is 1. The average molecular weight is 273 g/mol. The third kappa shape index (κ3) is 3.09. The van der Waals surface area contributed by atoms with E-state index in [1.54, 1.807) is 11.3 Å². The number of nitriles is 1. The Hall–Kier alpha value is -1.93. The molecule has 0 fully saturated rings. The van der Waals surface area contributed by atoms with E-state index in [-0.39, 0.29) is 0 Å². The number of rotatable bonds is 4. The zero-order valence-electron chi connectivity index (χ0n) is 11.2. The van der Waals surface area contributed by atoms with E-state index in [1.807, 2.05) is 32.3 Å². The van der Waals surface area contributed by atoms with Crippen LogP contribution in [0.5, 0.6) is 5.75 Å². The van der Waals surface area contributed by atoms with Gasteiger partial charge in [-0.15, -0.1) is 11.3 Å². The summed E-state index contributed by atoms with van der Waals surface area (Å²) in [5.74, 6) is 0.620. The maximum atomic E-state index is 9.14. The SMILES string of the molecule is Cc1cc(OCCc2scnc2C)c(C#N)c(C)n1. The molecule has 0 aromatic carbocycles. The molecule has 19 heavy (non-hydrogen) atoms. The van der Waals surface area contributed by atoms with Gasteiger partial charge in [0.15, 0.2) is 0 Å². The molecule has 0 aliphatic heterocycles. The molecule has 2 aromatic rings. The maximum absolute atomic E-state index is 9.14. The summed E-state index contributed by atoms with van der Waals surface area (Å²) >= 11 is 1.63. The molecule has 0 aliphatic rings. The third-order valence-electron chi connectivity index (χ3n) is 2.84. The first kappa shape index (κ1) is 13.5. The predicted molar refractivity (Wildman–Crippen MR) is 74.5 cm³/mol. The summed E-state index contributed by atoms with van der Waals surface area (Å²) in [6.45, 7) is 6.26. The van der Waals surface area contributed by atoms with Crippen LogP contribution in [-0.2, 0) is 6.42 Å². The topological polar surface area (TPSA) is 58.8 Å². The van der Waals surface area contributed by atoms with E-state index in [0.29, 0.717) is 23.6 Å². The first-order chi connectivity index (χ1) is 9.11. The molecule has 0 spiro atoms. The molecule has 0 saturated heterocycles. The van der Waals surface area contributed by atoms with Crippen LogP contribution in [-0.4, -0.2) is 16.6 Å². The van der Waals surface area contributed by atoms with Gasteiger partial charge in [0.2, 0.25) is 0 Å². The van der Waals surface area contributed by atoms with Gasteiger partial charge in [0.25, 0.3) is 0 Å². The number of ether oxygens (including phenoxy) is 1. The van der Waals surface area contributed by atoms with Crippen LogP contribution in [0.1, 0.15) is 27.5 Å². The lowest BCUT2D eigenvalue weighted by molar-refractivity contribution is 0.321. The van der Waals surface area contributed by atoms with Gasteiger partial charge in [-0.25, -0.2) is 4.98 Å². The number of hydrogen-bond acceptors (Lipinski definition) is 5. The number of thiazole rings is 1. The highest BCUT2D eigenvalue weighted by Crippen LogP contribution is 2.22. The largest absolute Gasteiger partial charge is 0.492 e. The molecule has 5 heteroatoms. The molecule has 98 valence electrons. The van der Waals surface area contributed by atoms with E-state index < -0.39 is 0 Å². The summed E-state index contributed by atoms with van der Waals surface area (Å²) in [5.41, 5.74) is 4.99. The van der Waals surface area contributed by atoms with Crippen molar-refractivity contribution < 1.29 is 4.74 Å². The molecule has 0 atom stereocenters. The highest BCUT2D eigenvalue weighted by molar-refractivity contribution is 7.09. The fraction of sp³-hybridized carbons (Fsp3) is 0.357. The maximum Gasteiger partial charge on any atom is 0.140 e. The molecule has 4 nitrogen and oxygen atoms in total. The molecular formula is C14H15N3OS. The Kier molecular flexibility index (Phi) is 4.13. The van der Waals surface area contributed by atoms with Crippen molar-refractivity contribution in [2.24, 2.45) is 0 Å². The van der Waals surface area contributed by atoms with E-state index in [1.165, 1.54) is 4.88 Å². The van der Waals surface area contributed by atoms with Crippen molar-refractivity contribution in [1.29, 1.82) is 5.26 Å². The van der Waals surface area contributed by atoms with Crippen molar-refractivity contribution in [3.63, 3.8) is 0 Å². The van der Waals surface area contributed by atoms with Crippen LogP contribution >= 0.6 is 11.3 Å². The van der Waals surface area contributed by atoms with Crippen molar-refractivity contribution >= 4 is 11.3 Å². The van der Waals surface area contributed by atoms with Gasteiger partial charge in [-0.05, 0) is 20.8 Å². The summed E-state index contributed by atoms with van der Waals surface area (Å²) in [4.78, 5) is 9.69. The Labute approximate surface area is 116 Å². The number of nitrogens with zero attached hydrogens (tertiary/aromatic N) is 3. The van der Waals surface area contributed by atoms with Crippen molar-refractivity contribution in [2.45, 2.75) is 27.2 Å². The van der Waals surface area contributed by atoms with Crippen molar-refractivity contribution in [2.75, 3.05) is 6.61 Å². The molecule has 0 N–H and O–H groups in total. The van der Waals surface area contributed by atoms with E-state index in [2.05, 4.69) is 16.0 Å². The van der Waals surface area contributed by atoms with Crippen LogP contribution in [0.4, 0.5) is 0 Å². The predicted octanol–water partition coefficient (Wildman–Crippen LogP) is 2.96. The molecule has 0 bridgehead atoms. The average Bonchev–Trinajstić information content (AvgIpc) is 2.75. The molecular weight excluding hydrogens is 258 g/mol. The van der Waals surface area contributed by atoms with Crippen molar-refractivity contribution in [1.82, 2.24) is 9.97 Å². The molecule has 2 aromatic heterocycles. The quantitative estimate of drug-likeness (QED) is 0.859. The zero-order chi connectivity index (χ0) is 13.8. The number of aryl methyl sites for hydroxylation is 3. The first-order valence-corrected chi connectivity index (χ1v) is 6.90. The van der Waals surface area contributed by atoms with Gasteiger partial charge in [0, 0.05) is 23.1 Å². The summed E-state index contributed by atoms with van der Waals surface area (Å²) < 4.78 is 5.73. The monoisotopic (exact) mass is 273 g/mol. The van der Waals surface area contributed by atoms with Crippen LogP contribution in [0.3, 0.4) is 0 Å². The van der Waals surface area contributed by atoms with Gasteiger partial charge in [0.1, 0.15) is 17.4 Å². The van der Waals surface area contributed by atoms with Gasteiger partial charge >= 0.3 is 0 Å². The molecule has 0 unspecified atom stereocenters. The van der Waals surface area contributed by atoms with Gasteiger partial charge in [-0.3, -0.25) is 4.98 Å². The van der Waals surface area contributed by atoms with Crippen molar-refractivity contribution in [3.05, 3.63) is 39.1 Å². The third-order valence-corrected chi connectivity index (χ3v) is 3.83. The Balaban J connectivity index is 2.08. The second-order valence-corrected chi connectivity index (χ2v) is 5.23. The Morgan fingerprint density at radius 3 is 2.74 bits per heavy atom. The first-order valence-electron chi connectivity index (χ1n) is 6.02. The molecule has 2 heterocycles. The molecule has 2 rings (SSSR count). The second-order valence-electron chi connectivity index (χ2n) is 4.29. The van der Waals surface area contributed by atoms with Crippen LogP contribution in [0.15, 0.2) is 11.6 Å². The Morgan fingerprint density at radius 2 is 2.11 bits per heavy atom. The highest BCUT2D eigenvalue weighted by Gasteiger charge is 2.10. The van der Waals surface area contributed by atoms with E-state index in [9.17, 15) is 0 Å². The normalized spacial score (nSPS) is 10.2. The van der Waals surface area contributed by atoms with Crippen LogP contribution < -0.4 is 4.74 Å². The fourth-order valence-corrected chi connectivity index (χ4v) is 2.63. The molecule has 0 amide bonds. The lowest BCUT2D eigenvalue weighted by Gasteiger charge is -2.09. The van der Waals surface area contributed by atoms with E-state index >= 15 is 0 Å². The standard InChI is InChI=1S/C14H15N3OS/c1-9-6-13(12(7-15)10(2)17-9)18-5-4-14-11(3)16-8-19-14/h6,8H,4-5H2,1-3H3. The summed E-state index contributed by atoms with van der Waals surface area (Å²) in [5, 5.41) is 9.14. The van der Waals surface area contributed by atoms with Gasteiger partial charge in [-0.2, -0.15) is 5.26 Å². The number of aromatic nitrogens is 2. The van der Waals surface area contributed by atoms with Crippen LogP contribution in [0.2, 0.25) is 0 Å². The molecule has 0 radical (unpaired) electrons. The second kappa shape index (κ2) is 5.81. The summed E-state index contributed by atoms with van der Waals surface area (Å²) in [6, 6.07) is 3.96. The van der Waals surface area contributed by atoms with E-state index in [4.69, 9.17) is 10.00 Å². The Morgan fingerprint density at radius 1 is 1.32 bits per heavy atom. The van der Waals surface area contributed by atoms with Gasteiger partial charge in [-0.1, -0.05) is 0 Å². The van der Waals surface area contributed by atoms with E-state index in [0.717, 1.165) is 17.8 Å². The summed E-state index contributed by atoms with van der Waals surface area (Å²) in [7, 11) is 0. The minimum atomic E-state index is 0.520. The smallest absolute Gasteiger partial charge is 0.140 e. The fourth-order valence-electron chi connectivity index (χ4n) is 1.86.